The van der Waals surface area contributed by atoms with Gasteiger partial charge in [0.15, 0.2) is 11.5 Å². The number of hydrogen-bond donors (Lipinski definition) is 1. The Labute approximate surface area is 215 Å². The van der Waals surface area contributed by atoms with Crippen molar-refractivity contribution < 1.29 is 28.2 Å². The third kappa shape index (κ3) is 7.17. The van der Waals surface area contributed by atoms with E-state index < -0.39 is 18.0 Å². The van der Waals surface area contributed by atoms with E-state index in [1.54, 1.807) is 24.3 Å². The molecule has 0 unspecified atom stereocenters. The largest absolute Gasteiger partial charge is 0.493 e. The number of rotatable bonds is 12. The maximum Gasteiger partial charge on any atom is 0.303 e. The zero-order valence-corrected chi connectivity index (χ0v) is 21.3. The number of carboxylic acid groups (broad SMARTS) is 1. The minimum absolute atomic E-state index is 0.0214. The number of halogens is 3. The molecule has 0 saturated heterocycles. The highest BCUT2D eigenvalue weighted by atomic mass is 35.5. The van der Waals surface area contributed by atoms with Gasteiger partial charge in [-0.25, -0.2) is 13.8 Å². The van der Waals surface area contributed by atoms with E-state index >= 15 is 0 Å². The molecule has 0 spiro atoms. The first-order valence-corrected chi connectivity index (χ1v) is 12.2. The topological polar surface area (TPSA) is 68.7 Å². The molecule has 5 nitrogen and oxygen atoms in total. The monoisotopic (exact) mass is 517 g/mol. The number of aromatic nitrogens is 1. The third-order valence-electron chi connectivity index (χ3n) is 5.78. The Morgan fingerprint density at radius 3 is 2.50 bits per heavy atom. The predicted molar refractivity (Wildman–Crippen MR) is 136 cm³/mol. The summed E-state index contributed by atoms with van der Waals surface area (Å²) in [4.78, 5) is 15.7. The van der Waals surface area contributed by atoms with E-state index in [-0.39, 0.29) is 12.0 Å². The molecule has 3 rings (SSSR count). The van der Waals surface area contributed by atoms with Crippen LogP contribution in [0.2, 0.25) is 5.02 Å². The van der Waals surface area contributed by atoms with Gasteiger partial charge in [0, 0.05) is 24.5 Å². The third-order valence-corrected chi connectivity index (χ3v) is 6.07. The highest BCUT2D eigenvalue weighted by molar-refractivity contribution is 6.32. The molecule has 1 N–H and O–H groups in total. The van der Waals surface area contributed by atoms with E-state index in [0.29, 0.717) is 40.8 Å². The molecular formula is C28H30ClF2NO4. The van der Waals surface area contributed by atoms with E-state index in [1.165, 1.54) is 19.2 Å². The number of unbranched alkanes of at least 4 members (excludes halogenated alkanes) is 1. The van der Waals surface area contributed by atoms with Crippen LogP contribution >= 0.6 is 11.6 Å². The zero-order valence-electron chi connectivity index (χ0n) is 20.6. The Balaban J connectivity index is 1.92. The van der Waals surface area contributed by atoms with Gasteiger partial charge in [-0.15, -0.1) is 0 Å². The van der Waals surface area contributed by atoms with Crippen molar-refractivity contribution in [2.24, 2.45) is 0 Å². The summed E-state index contributed by atoms with van der Waals surface area (Å²) in [5, 5.41) is 9.30. The molecule has 0 saturated carbocycles. The number of carbonyl (C=O) groups is 1. The van der Waals surface area contributed by atoms with Crippen molar-refractivity contribution in [1.82, 2.24) is 4.98 Å². The fraction of sp³-hybridized carbons (Fsp3) is 0.357. The van der Waals surface area contributed by atoms with Crippen LogP contribution < -0.4 is 9.47 Å². The first-order chi connectivity index (χ1) is 17.1. The quantitative estimate of drug-likeness (QED) is 0.265. The van der Waals surface area contributed by atoms with Gasteiger partial charge in [-0.3, -0.25) is 4.79 Å². The molecule has 1 atom stereocenters. The number of aryl methyl sites for hydroxylation is 1. The number of hydrogen-bond acceptors (Lipinski definition) is 4. The summed E-state index contributed by atoms with van der Waals surface area (Å²) in [6.45, 7) is 2.95. The number of aliphatic carboxylic acids is 1. The summed E-state index contributed by atoms with van der Waals surface area (Å²) < 4.78 is 39.1. The lowest BCUT2D eigenvalue weighted by Gasteiger charge is -2.22. The minimum atomic E-state index is -2.91. The van der Waals surface area contributed by atoms with Gasteiger partial charge in [0.25, 0.3) is 5.92 Å². The number of nitrogens with zero attached hydrogens (tertiary/aromatic N) is 1. The summed E-state index contributed by atoms with van der Waals surface area (Å²) in [5.74, 6) is -3.03. The lowest BCUT2D eigenvalue weighted by atomic mass is 10.0. The normalized spacial score (nSPS) is 12.3. The van der Waals surface area contributed by atoms with Crippen molar-refractivity contribution in [2.75, 3.05) is 7.11 Å². The maximum absolute atomic E-state index is 13.6. The van der Waals surface area contributed by atoms with Gasteiger partial charge in [-0.1, -0.05) is 55.3 Å². The van der Waals surface area contributed by atoms with Gasteiger partial charge in [-0.2, -0.15) is 0 Å². The summed E-state index contributed by atoms with van der Waals surface area (Å²) in [7, 11) is 1.50. The second kappa shape index (κ2) is 12.2. The van der Waals surface area contributed by atoms with Crippen molar-refractivity contribution in [3.63, 3.8) is 0 Å². The molecule has 0 radical (unpaired) electrons. The van der Waals surface area contributed by atoms with Gasteiger partial charge < -0.3 is 14.6 Å². The summed E-state index contributed by atoms with van der Waals surface area (Å²) >= 11 is 6.54. The zero-order chi connectivity index (χ0) is 26.3. The number of carboxylic acids is 1. The Kier molecular flexibility index (Phi) is 9.26. The predicted octanol–water partition coefficient (Wildman–Crippen LogP) is 7.85. The number of alkyl halides is 2. The Bertz CT molecular complexity index is 1180. The van der Waals surface area contributed by atoms with Gasteiger partial charge in [0.1, 0.15) is 6.10 Å². The highest BCUT2D eigenvalue weighted by Crippen LogP contribution is 2.40. The van der Waals surface area contributed by atoms with Crippen LogP contribution in [-0.2, 0) is 17.1 Å². The molecule has 0 bridgehead atoms. The summed E-state index contributed by atoms with van der Waals surface area (Å²) in [6, 6.07) is 15.0. The number of pyridine rings is 1. The van der Waals surface area contributed by atoms with E-state index in [1.807, 2.05) is 18.2 Å². The fourth-order valence-corrected chi connectivity index (χ4v) is 4.09. The molecule has 1 aromatic heterocycles. The van der Waals surface area contributed by atoms with Crippen molar-refractivity contribution in [2.45, 2.75) is 58.0 Å². The molecule has 8 heteroatoms. The molecule has 2 aromatic carbocycles. The molecule has 192 valence electrons. The Morgan fingerprint density at radius 2 is 1.89 bits per heavy atom. The Hall–Kier alpha value is -3.19. The second-order valence-corrected chi connectivity index (χ2v) is 9.07. The number of ether oxygens (including phenoxy) is 2. The summed E-state index contributed by atoms with van der Waals surface area (Å²) in [5.41, 5.74) is 2.72. The van der Waals surface area contributed by atoms with E-state index in [2.05, 4.69) is 6.92 Å². The molecule has 0 aliphatic carbocycles. The van der Waals surface area contributed by atoms with Crippen LogP contribution in [0.5, 0.6) is 11.5 Å². The van der Waals surface area contributed by atoms with Crippen molar-refractivity contribution >= 4 is 17.6 Å². The molecule has 3 aromatic rings. The van der Waals surface area contributed by atoms with Crippen LogP contribution in [0.1, 0.15) is 62.5 Å². The van der Waals surface area contributed by atoms with Crippen LogP contribution in [0.25, 0.3) is 11.3 Å². The van der Waals surface area contributed by atoms with Gasteiger partial charge in [0.2, 0.25) is 0 Å². The number of methoxy groups -OCH3 is 1. The first-order valence-electron chi connectivity index (χ1n) is 11.8. The minimum Gasteiger partial charge on any atom is -0.493 e. The second-order valence-electron chi connectivity index (χ2n) is 8.66. The number of benzene rings is 2. The van der Waals surface area contributed by atoms with Gasteiger partial charge in [-0.05, 0) is 49.1 Å². The fourth-order valence-electron chi connectivity index (χ4n) is 3.81. The van der Waals surface area contributed by atoms with E-state index in [9.17, 15) is 13.6 Å². The average molecular weight is 518 g/mol. The van der Waals surface area contributed by atoms with Crippen LogP contribution in [0.15, 0.2) is 54.6 Å². The molecule has 1 heterocycles. The molecule has 0 aliphatic rings. The smallest absolute Gasteiger partial charge is 0.303 e. The molecule has 0 fully saturated rings. The molecule has 0 amide bonds. The molecule has 36 heavy (non-hydrogen) atoms. The standard InChI is InChI=1S/C28H30ClF2NO4/c1-4-5-9-24(36-27-21(29)16-18(10-15-26(33)34)17-25(27)35-3)23-8-6-7-22(32-23)19-11-13-20(14-12-19)28(2,30)31/h6-8,11-14,16-17,24H,4-5,9-10,15H2,1-3H3,(H,33,34)/t24-/m0/s1. The van der Waals surface area contributed by atoms with Crippen molar-refractivity contribution in [1.29, 1.82) is 0 Å². The summed E-state index contributed by atoms with van der Waals surface area (Å²) in [6.07, 6.45) is 2.37. The highest BCUT2D eigenvalue weighted by Gasteiger charge is 2.24. The van der Waals surface area contributed by atoms with Crippen LogP contribution in [-0.4, -0.2) is 23.2 Å². The lowest BCUT2D eigenvalue weighted by Crippen LogP contribution is -2.11. The van der Waals surface area contributed by atoms with Crippen molar-refractivity contribution in [3.8, 4) is 22.8 Å². The maximum atomic E-state index is 13.6. The van der Waals surface area contributed by atoms with Crippen LogP contribution in [0.3, 0.4) is 0 Å². The van der Waals surface area contributed by atoms with E-state index in [4.69, 9.17) is 31.2 Å². The van der Waals surface area contributed by atoms with Gasteiger partial charge >= 0.3 is 5.97 Å². The van der Waals surface area contributed by atoms with E-state index in [0.717, 1.165) is 30.9 Å². The van der Waals surface area contributed by atoms with Crippen molar-refractivity contribution in [3.05, 3.63) is 76.4 Å². The Morgan fingerprint density at radius 1 is 1.17 bits per heavy atom. The van der Waals surface area contributed by atoms with Crippen LogP contribution in [0.4, 0.5) is 8.78 Å². The first kappa shape index (κ1) is 27.4. The van der Waals surface area contributed by atoms with Gasteiger partial charge in [0.05, 0.1) is 23.5 Å². The van der Waals surface area contributed by atoms with Crippen LogP contribution in [0, 0.1) is 0 Å². The SMILES string of the molecule is CCCC[C@H](Oc1c(Cl)cc(CCC(=O)O)cc1OC)c1cccc(-c2ccc(C(C)(F)F)cc2)n1. The average Bonchev–Trinajstić information content (AvgIpc) is 2.85. The molecule has 0 aliphatic heterocycles. The molecular weight excluding hydrogens is 488 g/mol. The lowest BCUT2D eigenvalue weighted by molar-refractivity contribution is -0.136.